The minimum atomic E-state index is 0. The summed E-state index contributed by atoms with van der Waals surface area (Å²) in [7, 11) is 0. The second kappa shape index (κ2) is 29.2. The van der Waals surface area contributed by atoms with Crippen LogP contribution in [0, 0.1) is 0 Å². The van der Waals surface area contributed by atoms with Crippen LogP contribution in [-0.2, 0) is 89.9 Å². The van der Waals surface area contributed by atoms with Crippen molar-refractivity contribution >= 4 is 0 Å². The van der Waals surface area contributed by atoms with Crippen molar-refractivity contribution in [3.8, 4) is 0 Å². The zero-order chi connectivity index (χ0) is 0. The molecule has 0 aromatic heterocycles. The summed E-state index contributed by atoms with van der Waals surface area (Å²) in [5.41, 5.74) is 0. The van der Waals surface area contributed by atoms with Crippen molar-refractivity contribution in [2.24, 2.45) is 0 Å². The molecule has 0 fully saturated rings. The Hall–Kier alpha value is 2.79. The van der Waals surface area contributed by atoms with Crippen molar-refractivity contribution in [2.45, 2.75) is 0 Å². The molecule has 0 aromatic carbocycles. The van der Waals surface area contributed by atoms with Crippen LogP contribution in [0.2, 0.25) is 0 Å². The van der Waals surface area contributed by atoms with Gasteiger partial charge in [0.1, 0.15) is 0 Å². The van der Waals surface area contributed by atoms with Crippen LogP contribution in [0.5, 0.6) is 0 Å². The van der Waals surface area contributed by atoms with Gasteiger partial charge in [-0.25, -0.2) is 0 Å². The Morgan fingerprint density at radius 2 is 1.00 bits per heavy atom. The third-order valence-corrected chi connectivity index (χ3v) is 0. The van der Waals surface area contributed by atoms with E-state index in [0.717, 1.165) is 0 Å². The van der Waals surface area contributed by atoms with Crippen molar-refractivity contribution in [1.82, 2.24) is 0 Å². The van der Waals surface area contributed by atoms with Gasteiger partial charge in [-0.3, -0.25) is 0 Å². The van der Waals surface area contributed by atoms with Crippen molar-refractivity contribution in [2.75, 3.05) is 0 Å². The maximum absolute atomic E-state index is 0. The summed E-state index contributed by atoms with van der Waals surface area (Å²) in [5, 5.41) is 0. The Labute approximate surface area is 88.7 Å². The van der Waals surface area contributed by atoms with Gasteiger partial charge in [0.05, 0.1) is 0 Å². The van der Waals surface area contributed by atoms with Gasteiger partial charge < -0.3 is 0 Å². The number of hydrogen-bond acceptors (Lipinski definition) is 0. The minimum absolute atomic E-state index is 0. The Bertz CT molecular complexity index is 11.6. The first kappa shape index (κ1) is 46.1. The van der Waals surface area contributed by atoms with E-state index in [1.165, 1.54) is 0 Å². The fraction of sp³-hybridized carbons (Fsp3) is 0. The van der Waals surface area contributed by atoms with Gasteiger partial charge in [0.25, 0.3) is 0 Å². The first-order valence-corrected chi connectivity index (χ1v) is 0. The first-order chi connectivity index (χ1) is 0. The van der Waals surface area contributed by atoms with Crippen LogP contribution in [0.3, 0.4) is 0 Å². The van der Waals surface area contributed by atoms with Crippen molar-refractivity contribution in [3.05, 3.63) is 0 Å². The maximum Gasteiger partial charge on any atom is 0 e. The van der Waals surface area contributed by atoms with E-state index in [9.17, 15) is 0 Å². The van der Waals surface area contributed by atoms with Crippen LogP contribution in [0.15, 0.2) is 0 Å². The summed E-state index contributed by atoms with van der Waals surface area (Å²) in [6.45, 7) is 0. The maximum atomic E-state index is 0. The van der Waals surface area contributed by atoms with E-state index in [0.29, 0.717) is 0 Å². The van der Waals surface area contributed by atoms with Crippen LogP contribution in [0.1, 0.15) is 0 Å². The predicted octanol–water partition coefficient (Wildman–Crippen LogP) is -0.0125. The van der Waals surface area contributed by atoms with Crippen molar-refractivity contribution < 1.29 is 89.9 Å². The van der Waals surface area contributed by atoms with E-state index in [4.69, 9.17) is 0 Å². The smallest absolute Gasteiger partial charge is 0 e. The Morgan fingerprint density at radius 1 is 1.00 bits per heavy atom. The molecule has 0 aliphatic carbocycles. The van der Waals surface area contributed by atoms with E-state index >= 15 is 0 Å². The average Bonchev–Trinajstić information content (AvgIpc) is 0. The molecule has 0 aliphatic rings. The fourth-order valence-corrected chi connectivity index (χ4v) is 0. The summed E-state index contributed by atoms with van der Waals surface area (Å²) >= 11 is 0. The first-order valence-electron chi connectivity index (χ1n) is 0. The molecule has 0 N–H and O–H groups in total. The van der Waals surface area contributed by atoms with Crippen LogP contribution < -0.4 is 0 Å². The van der Waals surface area contributed by atoms with Crippen LogP contribution >= 0.6 is 0 Å². The molecule has 0 saturated heterocycles. The van der Waals surface area contributed by atoms with Crippen molar-refractivity contribution in [1.29, 1.82) is 0 Å². The second-order valence-electron chi connectivity index (χ2n) is 0. The standard InChI is InChI=1S/Co.Fe.Ir.Ni.Ru. The normalized spacial score (nSPS) is 0. The molecule has 44 valence electrons. The molecule has 0 unspecified atom stereocenters. The molecule has 0 aromatic rings. The van der Waals surface area contributed by atoms with E-state index in [2.05, 4.69) is 0 Å². The minimum Gasteiger partial charge on any atom is 0 e. The van der Waals surface area contributed by atoms with E-state index in [-0.39, 0.29) is 89.9 Å². The molecule has 5 heavy (non-hydrogen) atoms. The Balaban J connectivity index is 0. The van der Waals surface area contributed by atoms with Gasteiger partial charge in [-0.1, -0.05) is 0 Å². The molecule has 0 amide bonds. The van der Waals surface area contributed by atoms with E-state index < -0.39 is 0 Å². The molecule has 0 spiro atoms. The van der Waals surface area contributed by atoms with Gasteiger partial charge in [0.15, 0.2) is 0 Å². The van der Waals surface area contributed by atoms with Crippen LogP contribution in [-0.4, -0.2) is 0 Å². The van der Waals surface area contributed by atoms with Crippen LogP contribution in [0.25, 0.3) is 0 Å². The van der Waals surface area contributed by atoms with E-state index in [1.54, 1.807) is 0 Å². The molecule has 0 atom stereocenters. The molecule has 0 saturated carbocycles. The Morgan fingerprint density at radius 3 is 1.00 bits per heavy atom. The van der Waals surface area contributed by atoms with E-state index in [1.807, 2.05) is 0 Å². The van der Waals surface area contributed by atoms with Gasteiger partial charge in [-0.2, -0.15) is 0 Å². The monoisotopic (exact) mass is 468 g/mol. The zero-order valence-corrected chi connectivity index (χ0v) is 8.96. The van der Waals surface area contributed by atoms with Crippen molar-refractivity contribution in [3.63, 3.8) is 0 Å². The summed E-state index contributed by atoms with van der Waals surface area (Å²) < 4.78 is 0. The number of rotatable bonds is 0. The zero-order valence-electron chi connectivity index (χ0n) is 1.69. The third-order valence-electron chi connectivity index (χ3n) is 0. The quantitative estimate of drug-likeness (QED) is 0.441. The molecule has 5 heteroatoms. The van der Waals surface area contributed by atoms with Gasteiger partial charge in [-0.05, 0) is 0 Å². The fourth-order valence-electron chi connectivity index (χ4n) is 0. The summed E-state index contributed by atoms with van der Waals surface area (Å²) in [6, 6.07) is 0. The van der Waals surface area contributed by atoms with Gasteiger partial charge in [0, 0.05) is 89.9 Å². The largest absolute Gasteiger partial charge is 0 e. The van der Waals surface area contributed by atoms with Gasteiger partial charge in [-0.15, -0.1) is 0 Å². The topological polar surface area (TPSA) is 0 Å². The molecular weight excluding hydrogens is 467 g/mol. The molecule has 0 aliphatic heterocycles. The summed E-state index contributed by atoms with van der Waals surface area (Å²) in [6.07, 6.45) is 0. The summed E-state index contributed by atoms with van der Waals surface area (Å²) in [5.74, 6) is 0. The predicted molar refractivity (Wildman–Crippen MR) is 0 cm³/mol. The molecule has 0 nitrogen and oxygen atoms in total. The second-order valence-corrected chi connectivity index (χ2v) is 0. The number of hydrogen-bond donors (Lipinski definition) is 0. The van der Waals surface area contributed by atoms with Gasteiger partial charge >= 0.3 is 0 Å². The van der Waals surface area contributed by atoms with Crippen LogP contribution in [0.4, 0.5) is 0 Å². The molecule has 0 bridgehead atoms. The molecule has 0 rings (SSSR count). The average molecular weight is 467 g/mol. The molecular formula is CoFeIrNiRu. The molecule has 2 radical (unpaired) electrons. The molecule has 0 heterocycles. The third kappa shape index (κ3) is 20.0. The Kier molecular flexibility index (Phi) is 270. The van der Waals surface area contributed by atoms with Gasteiger partial charge in [0.2, 0.25) is 0 Å². The summed E-state index contributed by atoms with van der Waals surface area (Å²) in [4.78, 5) is 0. The SMILES string of the molecule is [Co].[Fe].[Ir].[Ni].[Ru].